The van der Waals surface area contributed by atoms with Gasteiger partial charge in [0, 0.05) is 0 Å². The van der Waals surface area contributed by atoms with Crippen LogP contribution in [0, 0.1) is 11.3 Å². The van der Waals surface area contributed by atoms with E-state index in [1.165, 1.54) is 0 Å². The predicted molar refractivity (Wildman–Crippen MR) is 48.8 cm³/mol. The summed E-state index contributed by atoms with van der Waals surface area (Å²) in [5.41, 5.74) is 0.314. The zero-order valence-corrected chi connectivity index (χ0v) is 8.25. The summed E-state index contributed by atoms with van der Waals surface area (Å²) in [5, 5.41) is 18.6. The molecule has 2 atom stereocenters. The molecule has 0 heterocycles. The van der Waals surface area contributed by atoms with Gasteiger partial charge in [0.15, 0.2) is 0 Å². The fourth-order valence-corrected chi connectivity index (χ4v) is 2.13. The van der Waals surface area contributed by atoms with Crippen LogP contribution in [0.3, 0.4) is 0 Å². The molecule has 2 unspecified atom stereocenters. The number of hydrogen-bond donors (Lipinski definition) is 2. The molecule has 2 N–H and O–H groups in total. The van der Waals surface area contributed by atoms with Crippen molar-refractivity contribution in [2.75, 3.05) is 0 Å². The molecule has 0 saturated heterocycles. The van der Waals surface area contributed by atoms with E-state index in [1.54, 1.807) is 0 Å². The summed E-state index contributed by atoms with van der Waals surface area (Å²) in [6.07, 6.45) is 1.70. The standard InChI is InChI=1S/C10H20O2/c1-10(2,3)6-7-4-8(11)9(12)5-7/h7-9,11-12H,4-6H2,1-3H3. The lowest BCUT2D eigenvalue weighted by molar-refractivity contribution is 0.0438. The summed E-state index contributed by atoms with van der Waals surface area (Å²) in [4.78, 5) is 0. The molecule has 0 aromatic carbocycles. The highest BCUT2D eigenvalue weighted by molar-refractivity contribution is 4.84. The maximum Gasteiger partial charge on any atom is 0.0801 e. The highest BCUT2D eigenvalue weighted by atomic mass is 16.3. The molecular formula is C10H20O2. The Morgan fingerprint density at radius 3 is 1.83 bits per heavy atom. The Bertz CT molecular complexity index is 138. The fourth-order valence-electron chi connectivity index (χ4n) is 2.13. The van der Waals surface area contributed by atoms with Crippen molar-refractivity contribution in [2.45, 2.75) is 52.2 Å². The maximum absolute atomic E-state index is 9.31. The van der Waals surface area contributed by atoms with Crippen LogP contribution in [0.2, 0.25) is 0 Å². The van der Waals surface area contributed by atoms with Crippen LogP contribution in [0.5, 0.6) is 0 Å². The van der Waals surface area contributed by atoms with Crippen LogP contribution >= 0.6 is 0 Å². The second-order valence-electron chi connectivity index (χ2n) is 5.24. The van der Waals surface area contributed by atoms with Crippen LogP contribution in [0.1, 0.15) is 40.0 Å². The normalized spacial score (nSPS) is 37.2. The highest BCUT2D eigenvalue weighted by Gasteiger charge is 2.33. The second kappa shape index (κ2) is 3.35. The van der Waals surface area contributed by atoms with Gasteiger partial charge in [0.1, 0.15) is 0 Å². The van der Waals surface area contributed by atoms with Gasteiger partial charge in [0.05, 0.1) is 12.2 Å². The van der Waals surface area contributed by atoms with Gasteiger partial charge in [-0.2, -0.15) is 0 Å². The molecule has 0 aliphatic heterocycles. The highest BCUT2D eigenvalue weighted by Crippen LogP contribution is 2.35. The molecule has 0 bridgehead atoms. The van der Waals surface area contributed by atoms with Crippen molar-refractivity contribution >= 4 is 0 Å². The van der Waals surface area contributed by atoms with Gasteiger partial charge in [-0.25, -0.2) is 0 Å². The average molecular weight is 172 g/mol. The number of aliphatic hydroxyl groups is 2. The Morgan fingerprint density at radius 1 is 1.08 bits per heavy atom. The van der Waals surface area contributed by atoms with Gasteiger partial charge in [-0.1, -0.05) is 20.8 Å². The van der Waals surface area contributed by atoms with Gasteiger partial charge in [0.25, 0.3) is 0 Å². The minimum absolute atomic E-state index is 0.314. The van der Waals surface area contributed by atoms with Crippen LogP contribution in [0.25, 0.3) is 0 Å². The topological polar surface area (TPSA) is 40.5 Å². The Kier molecular flexibility index (Phi) is 2.79. The SMILES string of the molecule is CC(C)(C)CC1CC(O)C(O)C1. The van der Waals surface area contributed by atoms with E-state index in [9.17, 15) is 10.2 Å². The summed E-state index contributed by atoms with van der Waals surface area (Å²) in [5.74, 6) is 0.509. The van der Waals surface area contributed by atoms with E-state index < -0.39 is 12.2 Å². The molecule has 1 aliphatic rings. The van der Waals surface area contributed by atoms with Crippen molar-refractivity contribution in [3.63, 3.8) is 0 Å². The minimum Gasteiger partial charge on any atom is -0.390 e. The van der Waals surface area contributed by atoms with Gasteiger partial charge in [-0.15, -0.1) is 0 Å². The molecule has 12 heavy (non-hydrogen) atoms. The molecular weight excluding hydrogens is 152 g/mol. The third kappa shape index (κ3) is 2.76. The molecule has 2 heteroatoms. The lowest BCUT2D eigenvalue weighted by Crippen LogP contribution is -2.17. The van der Waals surface area contributed by atoms with E-state index in [1.807, 2.05) is 0 Å². The lowest BCUT2D eigenvalue weighted by Gasteiger charge is -2.22. The summed E-state index contributed by atoms with van der Waals surface area (Å²) in [7, 11) is 0. The summed E-state index contributed by atoms with van der Waals surface area (Å²) in [6, 6.07) is 0. The molecule has 0 aromatic rings. The van der Waals surface area contributed by atoms with E-state index in [4.69, 9.17) is 0 Å². The molecule has 1 fully saturated rings. The molecule has 1 saturated carbocycles. The van der Waals surface area contributed by atoms with Crippen LogP contribution < -0.4 is 0 Å². The second-order valence-corrected chi connectivity index (χ2v) is 5.24. The third-order valence-electron chi connectivity index (χ3n) is 2.49. The van der Waals surface area contributed by atoms with Crippen molar-refractivity contribution in [1.82, 2.24) is 0 Å². The molecule has 0 spiro atoms. The molecule has 2 nitrogen and oxygen atoms in total. The van der Waals surface area contributed by atoms with Crippen molar-refractivity contribution in [1.29, 1.82) is 0 Å². The number of aliphatic hydroxyl groups excluding tert-OH is 2. The Hall–Kier alpha value is -0.0800. The largest absolute Gasteiger partial charge is 0.390 e. The summed E-state index contributed by atoms with van der Waals surface area (Å²) < 4.78 is 0. The summed E-state index contributed by atoms with van der Waals surface area (Å²) >= 11 is 0. The molecule has 0 radical (unpaired) electrons. The van der Waals surface area contributed by atoms with Gasteiger partial charge in [0.2, 0.25) is 0 Å². The van der Waals surface area contributed by atoms with Crippen molar-refractivity contribution in [3.05, 3.63) is 0 Å². The zero-order chi connectivity index (χ0) is 9.35. The Balaban J connectivity index is 2.38. The molecule has 1 aliphatic carbocycles. The Labute approximate surface area is 74.6 Å². The van der Waals surface area contributed by atoms with Crippen LogP contribution in [-0.4, -0.2) is 22.4 Å². The molecule has 0 aromatic heterocycles. The van der Waals surface area contributed by atoms with E-state index >= 15 is 0 Å². The minimum atomic E-state index is -0.475. The molecule has 0 amide bonds. The first-order valence-corrected chi connectivity index (χ1v) is 4.74. The van der Waals surface area contributed by atoms with Gasteiger partial charge >= 0.3 is 0 Å². The first kappa shape index (κ1) is 10.0. The molecule has 72 valence electrons. The van der Waals surface area contributed by atoms with Gasteiger partial charge in [-0.3, -0.25) is 0 Å². The Morgan fingerprint density at radius 2 is 1.50 bits per heavy atom. The van der Waals surface area contributed by atoms with Crippen LogP contribution in [-0.2, 0) is 0 Å². The first-order chi connectivity index (χ1) is 5.38. The summed E-state index contributed by atoms with van der Waals surface area (Å²) in [6.45, 7) is 6.60. The van der Waals surface area contributed by atoms with E-state index in [2.05, 4.69) is 20.8 Å². The number of hydrogen-bond acceptors (Lipinski definition) is 2. The van der Waals surface area contributed by atoms with Crippen LogP contribution in [0.15, 0.2) is 0 Å². The van der Waals surface area contributed by atoms with Crippen molar-refractivity contribution in [3.8, 4) is 0 Å². The predicted octanol–water partition coefficient (Wildman–Crippen LogP) is 1.55. The first-order valence-electron chi connectivity index (χ1n) is 4.74. The zero-order valence-electron chi connectivity index (χ0n) is 8.25. The van der Waals surface area contributed by atoms with E-state index in [0.29, 0.717) is 11.3 Å². The average Bonchev–Trinajstić information content (AvgIpc) is 2.07. The third-order valence-corrected chi connectivity index (χ3v) is 2.49. The van der Waals surface area contributed by atoms with Crippen molar-refractivity contribution < 1.29 is 10.2 Å². The monoisotopic (exact) mass is 172 g/mol. The van der Waals surface area contributed by atoms with E-state index in [-0.39, 0.29) is 0 Å². The van der Waals surface area contributed by atoms with Crippen molar-refractivity contribution in [2.24, 2.45) is 11.3 Å². The van der Waals surface area contributed by atoms with Gasteiger partial charge in [-0.05, 0) is 30.6 Å². The fraction of sp³-hybridized carbons (Fsp3) is 1.00. The smallest absolute Gasteiger partial charge is 0.0801 e. The molecule has 1 rings (SSSR count). The van der Waals surface area contributed by atoms with E-state index in [0.717, 1.165) is 19.3 Å². The number of rotatable bonds is 1. The van der Waals surface area contributed by atoms with Gasteiger partial charge < -0.3 is 10.2 Å². The van der Waals surface area contributed by atoms with Crippen LogP contribution in [0.4, 0.5) is 0 Å². The lowest BCUT2D eigenvalue weighted by atomic mass is 9.84. The maximum atomic E-state index is 9.31. The quantitative estimate of drug-likeness (QED) is 0.630.